The minimum Gasteiger partial charge on any atom is -0.446 e. The number of hydrogen-bond donors (Lipinski definition) is 3. The number of rotatable bonds is 4. The Balaban J connectivity index is 1.55. The van der Waals surface area contributed by atoms with E-state index in [1.54, 1.807) is 6.08 Å². The molecule has 6 heteroatoms. The SMILES string of the molecule is O=C1C2=C(NC(O)N1C1CCC1)OC(O)C=C2CCC1CCCC1. The smallest absolute Gasteiger partial charge is 0.263 e. The molecule has 6 nitrogen and oxygen atoms in total. The van der Waals surface area contributed by atoms with Gasteiger partial charge in [-0.25, -0.2) is 0 Å². The van der Waals surface area contributed by atoms with Gasteiger partial charge in [-0.1, -0.05) is 25.7 Å². The van der Waals surface area contributed by atoms with Gasteiger partial charge in [0.05, 0.1) is 0 Å². The first-order valence-corrected chi connectivity index (χ1v) is 9.21. The third-order valence-electron chi connectivity index (χ3n) is 5.87. The summed E-state index contributed by atoms with van der Waals surface area (Å²) in [5.74, 6) is 0.764. The van der Waals surface area contributed by atoms with Crippen LogP contribution in [0, 0.1) is 5.92 Å². The minimum atomic E-state index is -1.08. The fraction of sp³-hybridized carbons (Fsp3) is 0.722. The summed E-state index contributed by atoms with van der Waals surface area (Å²) >= 11 is 0. The lowest BCUT2D eigenvalue weighted by molar-refractivity contribution is -0.155. The molecule has 2 unspecified atom stereocenters. The van der Waals surface area contributed by atoms with Crippen LogP contribution in [0.4, 0.5) is 0 Å². The number of aliphatic hydroxyl groups excluding tert-OH is 2. The maximum Gasteiger partial charge on any atom is 0.263 e. The van der Waals surface area contributed by atoms with Crippen molar-refractivity contribution >= 4 is 5.91 Å². The number of carbonyl (C=O) groups excluding carboxylic acids is 1. The Morgan fingerprint density at radius 1 is 1.17 bits per heavy atom. The Morgan fingerprint density at radius 2 is 1.92 bits per heavy atom. The third kappa shape index (κ3) is 2.82. The molecule has 2 atom stereocenters. The van der Waals surface area contributed by atoms with Crippen molar-refractivity contribution in [3.8, 4) is 0 Å². The molecule has 2 aliphatic carbocycles. The summed E-state index contributed by atoms with van der Waals surface area (Å²) in [6, 6.07) is 0.0944. The van der Waals surface area contributed by atoms with Crippen molar-refractivity contribution in [2.24, 2.45) is 5.92 Å². The number of carbonyl (C=O) groups is 1. The lowest BCUT2D eigenvalue weighted by atomic mass is 9.88. The second-order valence-corrected chi connectivity index (χ2v) is 7.41. The van der Waals surface area contributed by atoms with Crippen LogP contribution in [-0.2, 0) is 9.53 Å². The molecule has 4 rings (SSSR count). The summed E-state index contributed by atoms with van der Waals surface area (Å²) in [6.07, 6.45) is 9.37. The van der Waals surface area contributed by atoms with Crippen molar-refractivity contribution in [2.75, 3.05) is 0 Å². The van der Waals surface area contributed by atoms with Gasteiger partial charge in [0.1, 0.15) is 5.57 Å². The Kier molecular flexibility index (Phi) is 4.26. The van der Waals surface area contributed by atoms with E-state index in [9.17, 15) is 15.0 Å². The molecule has 0 aromatic rings. The zero-order chi connectivity index (χ0) is 16.7. The van der Waals surface area contributed by atoms with E-state index in [1.165, 1.54) is 30.6 Å². The molecule has 0 bridgehead atoms. The number of ether oxygens (including phenoxy) is 1. The number of nitrogens with zero attached hydrogens (tertiary/aromatic N) is 1. The molecule has 0 aromatic heterocycles. The van der Waals surface area contributed by atoms with E-state index < -0.39 is 12.6 Å². The summed E-state index contributed by atoms with van der Waals surface area (Å²) in [5.41, 5.74) is 1.35. The van der Waals surface area contributed by atoms with E-state index in [4.69, 9.17) is 4.74 Å². The lowest BCUT2D eigenvalue weighted by Gasteiger charge is -2.45. The summed E-state index contributed by atoms with van der Waals surface area (Å²) in [7, 11) is 0. The first-order valence-electron chi connectivity index (χ1n) is 9.21. The maximum atomic E-state index is 13.0. The molecule has 1 amide bonds. The summed E-state index contributed by atoms with van der Waals surface area (Å²) in [5, 5.41) is 23.1. The monoisotopic (exact) mass is 334 g/mol. The Bertz CT molecular complexity index is 576. The molecule has 0 radical (unpaired) electrons. The molecular weight excluding hydrogens is 308 g/mol. The quantitative estimate of drug-likeness (QED) is 0.729. The van der Waals surface area contributed by atoms with Crippen LogP contribution >= 0.6 is 0 Å². The van der Waals surface area contributed by atoms with Crippen LogP contribution in [-0.4, -0.2) is 39.7 Å². The van der Waals surface area contributed by atoms with Crippen LogP contribution < -0.4 is 5.32 Å². The fourth-order valence-electron chi connectivity index (χ4n) is 4.28. The third-order valence-corrected chi connectivity index (χ3v) is 5.87. The highest BCUT2D eigenvalue weighted by Crippen LogP contribution is 2.37. The standard InChI is InChI=1S/C18H26N2O4/c21-14-10-12(9-8-11-4-1-2-5-11)15-16(24-14)19-18(23)20(17(15)22)13-6-3-7-13/h10-11,13-14,18-19,21,23H,1-9H2. The molecule has 24 heavy (non-hydrogen) atoms. The van der Waals surface area contributed by atoms with Crippen LogP contribution in [0.3, 0.4) is 0 Å². The van der Waals surface area contributed by atoms with Gasteiger partial charge in [0, 0.05) is 6.04 Å². The summed E-state index contributed by atoms with van der Waals surface area (Å²) in [6.45, 7) is 0. The van der Waals surface area contributed by atoms with Gasteiger partial charge in [-0.2, -0.15) is 0 Å². The predicted octanol–water partition coefficient (Wildman–Crippen LogP) is 1.70. The second-order valence-electron chi connectivity index (χ2n) is 7.41. The normalized spacial score (nSPS) is 31.3. The Hall–Kier alpha value is -1.53. The van der Waals surface area contributed by atoms with Crippen molar-refractivity contribution in [1.29, 1.82) is 0 Å². The number of aliphatic hydroxyl groups is 2. The summed E-state index contributed by atoms with van der Waals surface area (Å²) in [4.78, 5) is 14.5. The van der Waals surface area contributed by atoms with E-state index in [2.05, 4.69) is 5.32 Å². The van der Waals surface area contributed by atoms with Gasteiger partial charge in [0.25, 0.3) is 5.91 Å². The molecule has 2 heterocycles. The Labute approximate surface area is 142 Å². The molecular formula is C18H26N2O4. The van der Waals surface area contributed by atoms with Crippen molar-refractivity contribution in [3.63, 3.8) is 0 Å². The predicted molar refractivity (Wildman–Crippen MR) is 87.0 cm³/mol. The maximum absolute atomic E-state index is 13.0. The van der Waals surface area contributed by atoms with Gasteiger partial charge in [0.2, 0.25) is 18.5 Å². The highest BCUT2D eigenvalue weighted by atomic mass is 16.6. The molecule has 0 aromatic carbocycles. The molecule has 2 saturated carbocycles. The van der Waals surface area contributed by atoms with Gasteiger partial charge in [0.15, 0.2) is 0 Å². The zero-order valence-corrected chi connectivity index (χ0v) is 13.9. The van der Waals surface area contributed by atoms with Crippen LogP contribution in [0.15, 0.2) is 23.1 Å². The van der Waals surface area contributed by atoms with Gasteiger partial charge < -0.3 is 20.3 Å². The van der Waals surface area contributed by atoms with Gasteiger partial charge >= 0.3 is 0 Å². The van der Waals surface area contributed by atoms with Crippen LogP contribution in [0.2, 0.25) is 0 Å². The van der Waals surface area contributed by atoms with Gasteiger partial charge in [-0.05, 0) is 49.7 Å². The van der Waals surface area contributed by atoms with Crippen LogP contribution in [0.5, 0.6) is 0 Å². The topological polar surface area (TPSA) is 82.0 Å². The first-order chi connectivity index (χ1) is 11.6. The fourth-order valence-corrected chi connectivity index (χ4v) is 4.28. The average Bonchev–Trinajstić information content (AvgIpc) is 2.99. The lowest BCUT2D eigenvalue weighted by Crippen LogP contribution is -2.60. The van der Waals surface area contributed by atoms with E-state index in [-0.39, 0.29) is 17.8 Å². The molecule has 0 saturated heterocycles. The summed E-state index contributed by atoms with van der Waals surface area (Å²) < 4.78 is 5.35. The van der Waals surface area contributed by atoms with E-state index in [0.717, 1.165) is 43.6 Å². The van der Waals surface area contributed by atoms with Crippen molar-refractivity contribution < 1.29 is 19.7 Å². The highest BCUT2D eigenvalue weighted by Gasteiger charge is 2.43. The van der Waals surface area contributed by atoms with Gasteiger partial charge in [-0.3, -0.25) is 9.69 Å². The molecule has 0 spiro atoms. The van der Waals surface area contributed by atoms with E-state index >= 15 is 0 Å². The molecule has 3 N–H and O–H groups in total. The Morgan fingerprint density at radius 3 is 2.58 bits per heavy atom. The molecule has 2 aliphatic heterocycles. The average molecular weight is 334 g/mol. The van der Waals surface area contributed by atoms with Gasteiger partial charge in [-0.15, -0.1) is 0 Å². The highest BCUT2D eigenvalue weighted by molar-refractivity contribution is 5.99. The van der Waals surface area contributed by atoms with Crippen LogP contribution in [0.25, 0.3) is 0 Å². The number of nitrogens with one attached hydrogen (secondary N) is 1. The van der Waals surface area contributed by atoms with E-state index in [0.29, 0.717) is 5.57 Å². The molecule has 132 valence electrons. The van der Waals surface area contributed by atoms with Crippen LogP contribution in [0.1, 0.15) is 57.8 Å². The number of hydrogen-bond acceptors (Lipinski definition) is 5. The number of amides is 1. The van der Waals surface area contributed by atoms with Crippen molar-refractivity contribution in [1.82, 2.24) is 10.2 Å². The first kappa shape index (κ1) is 16.0. The van der Waals surface area contributed by atoms with Crippen molar-refractivity contribution in [2.45, 2.75) is 76.5 Å². The largest absolute Gasteiger partial charge is 0.446 e. The second kappa shape index (κ2) is 6.41. The minimum absolute atomic E-state index is 0.0944. The zero-order valence-electron chi connectivity index (χ0n) is 13.9. The molecule has 4 aliphatic rings. The molecule has 2 fully saturated rings. The van der Waals surface area contributed by atoms with E-state index in [1.807, 2.05) is 0 Å². The van der Waals surface area contributed by atoms with Crippen molar-refractivity contribution in [3.05, 3.63) is 23.1 Å².